The van der Waals surface area contributed by atoms with Crippen molar-refractivity contribution in [3.63, 3.8) is 0 Å². The molecule has 6 heavy (non-hydrogen) atoms. The van der Waals surface area contributed by atoms with E-state index in [1.54, 1.807) is 0 Å². The molecule has 0 aromatic carbocycles. The van der Waals surface area contributed by atoms with E-state index in [4.69, 9.17) is 0 Å². The maximum absolute atomic E-state index is 3.54. The second-order valence-electron chi connectivity index (χ2n) is 0.819. The molecule has 0 aliphatic carbocycles. The van der Waals surface area contributed by atoms with E-state index in [9.17, 15) is 0 Å². The van der Waals surface area contributed by atoms with Gasteiger partial charge in [-0.15, -0.1) is 0 Å². The summed E-state index contributed by atoms with van der Waals surface area (Å²) in [6.45, 7) is 1.58. The van der Waals surface area contributed by atoms with Crippen molar-refractivity contribution in [2.24, 2.45) is 10.3 Å². The van der Waals surface area contributed by atoms with E-state index in [1.165, 1.54) is 0 Å². The quantitative estimate of drug-likeness (QED) is 0.379. The molecule has 0 saturated heterocycles. The summed E-state index contributed by atoms with van der Waals surface area (Å²) in [7, 11) is 0. The van der Waals surface area contributed by atoms with Gasteiger partial charge in [-0.1, -0.05) is 0 Å². The molecule has 3 nitrogen and oxygen atoms in total. The van der Waals surface area contributed by atoms with Gasteiger partial charge < -0.3 is 10.5 Å². The maximum Gasteiger partial charge on any atom is 1.00 e. The molecule has 0 spiro atoms. The predicted octanol–water partition coefficient (Wildman–Crippen LogP) is -2.26. The van der Waals surface area contributed by atoms with Crippen LogP contribution in [-0.4, -0.2) is 13.1 Å². The molecule has 0 atom stereocenters. The summed E-state index contributed by atoms with van der Waals surface area (Å²) in [5.74, 6) is 0. The summed E-state index contributed by atoms with van der Waals surface area (Å²) >= 11 is 0. The van der Waals surface area contributed by atoms with Crippen molar-refractivity contribution in [1.82, 2.24) is 0 Å². The van der Waals surface area contributed by atoms with Crippen LogP contribution in [-0.2, 0) is 0 Å². The fourth-order valence-electron chi connectivity index (χ4n) is 0.224. The third-order valence-electron chi connectivity index (χ3n) is 0.426. The molecule has 1 heterocycles. The molecular weight excluding hydrogens is 152 g/mol. The Hall–Kier alpha value is 1.21. The van der Waals surface area contributed by atoms with Crippen molar-refractivity contribution in [2.75, 3.05) is 13.1 Å². The normalized spacial score (nSPS) is 16.0. The van der Waals surface area contributed by atoms with Gasteiger partial charge in [0.05, 0.1) is 0 Å². The first kappa shape index (κ1) is 7.21. The van der Waals surface area contributed by atoms with Gasteiger partial charge >= 0.3 is 58.2 Å². The molecule has 0 fully saturated rings. The molecule has 0 bridgehead atoms. The van der Waals surface area contributed by atoms with Crippen LogP contribution in [0, 0.1) is 0 Å². The Morgan fingerprint density at radius 1 is 1.50 bits per heavy atom. The van der Waals surface area contributed by atoms with E-state index in [0.717, 1.165) is 13.1 Å². The third-order valence-corrected chi connectivity index (χ3v) is 0.426. The molecule has 4 heteroatoms. The van der Waals surface area contributed by atoms with Crippen LogP contribution >= 0.6 is 0 Å². The zero-order valence-electron chi connectivity index (χ0n) is 3.76. The Morgan fingerprint density at radius 2 is 2.33 bits per heavy atom. The van der Waals surface area contributed by atoms with Crippen LogP contribution < -0.4 is 58.2 Å². The Balaban J connectivity index is 0.000000250. The minimum absolute atomic E-state index is 0. The number of hydrogen-bond acceptors (Lipinski definition) is 2. The summed E-state index contributed by atoms with van der Waals surface area (Å²) in [6, 6.07) is 0. The van der Waals surface area contributed by atoms with Gasteiger partial charge in [-0.25, -0.2) is 0 Å². The van der Waals surface area contributed by atoms with E-state index in [0.29, 0.717) is 0 Å². The van der Waals surface area contributed by atoms with Crippen molar-refractivity contribution >= 4 is 0 Å². The topological polar surface area (TPSA) is 38.8 Å². The van der Waals surface area contributed by atoms with E-state index < -0.39 is 0 Å². The van der Waals surface area contributed by atoms with Crippen molar-refractivity contribution in [3.8, 4) is 0 Å². The van der Waals surface area contributed by atoms with Crippen molar-refractivity contribution < 1.29 is 58.2 Å². The monoisotopic (exact) mass is 155 g/mol. The largest absolute Gasteiger partial charge is 1.00 e. The molecule has 1 aliphatic rings. The van der Waals surface area contributed by atoms with Gasteiger partial charge in [0, 0.05) is 0 Å². The van der Waals surface area contributed by atoms with E-state index in [2.05, 4.69) is 15.8 Å². The van der Waals surface area contributed by atoms with Gasteiger partial charge in [0.15, 0.2) is 0 Å². The Bertz CT molecular complexity index is 46.8. The molecule has 0 unspecified atom stereocenters. The molecule has 0 aromatic heterocycles. The van der Waals surface area contributed by atoms with Crippen LogP contribution in [0.4, 0.5) is 0 Å². The Labute approximate surface area is 85.4 Å². The first-order valence-corrected chi connectivity index (χ1v) is 1.53. The second-order valence-corrected chi connectivity index (χ2v) is 0.819. The molecule has 0 aromatic rings. The average molecular weight is 156 g/mol. The second kappa shape index (κ2) is 4.37. The van der Waals surface area contributed by atoms with Gasteiger partial charge in [-0.3, -0.25) is 5.22 Å². The summed E-state index contributed by atoms with van der Waals surface area (Å²) in [5, 5.41) is 6.88. The zero-order valence-corrected chi connectivity index (χ0v) is 8.67. The number of nitrogens with zero attached hydrogens (tertiary/aromatic N) is 3. The predicted molar refractivity (Wildman–Crippen MR) is 17.9 cm³/mol. The molecule has 28 valence electrons. The average Bonchev–Trinajstić information content (AvgIpc) is 1.76. The molecule has 0 amide bonds. The SMILES string of the molecule is C1C[N-]N=N1.[Rb+]. The first-order valence-electron chi connectivity index (χ1n) is 1.53. The van der Waals surface area contributed by atoms with Crippen LogP contribution in [0.1, 0.15) is 0 Å². The Kier molecular flexibility index (Phi) is 5.24. The standard InChI is InChI=1S/C2H4N3.Rb/c1-2-4-5-3-1;/h1-2H2;/q-1;+1. The molecule has 1 rings (SSSR count). The van der Waals surface area contributed by atoms with Crippen LogP contribution in [0.2, 0.25) is 0 Å². The summed E-state index contributed by atoms with van der Waals surface area (Å²) in [5.41, 5.74) is 3.54. The van der Waals surface area contributed by atoms with Gasteiger partial charge in [0.2, 0.25) is 0 Å². The van der Waals surface area contributed by atoms with E-state index >= 15 is 0 Å². The van der Waals surface area contributed by atoms with Gasteiger partial charge in [-0.2, -0.15) is 0 Å². The maximum atomic E-state index is 3.54. The summed E-state index contributed by atoms with van der Waals surface area (Å²) in [6.07, 6.45) is 0. The molecule has 0 radical (unpaired) electrons. The smallest absolute Gasteiger partial charge is 0.382 e. The van der Waals surface area contributed by atoms with Crippen LogP contribution in [0.15, 0.2) is 10.3 Å². The van der Waals surface area contributed by atoms with Crippen molar-refractivity contribution in [1.29, 1.82) is 0 Å². The Morgan fingerprint density at radius 3 is 2.50 bits per heavy atom. The van der Waals surface area contributed by atoms with E-state index in [-0.39, 0.29) is 58.2 Å². The minimum Gasteiger partial charge on any atom is -0.382 e. The van der Waals surface area contributed by atoms with Crippen molar-refractivity contribution in [2.45, 2.75) is 0 Å². The van der Waals surface area contributed by atoms with Gasteiger partial charge in [0.1, 0.15) is 0 Å². The van der Waals surface area contributed by atoms with Gasteiger partial charge in [-0.05, 0) is 13.1 Å². The fourth-order valence-corrected chi connectivity index (χ4v) is 0.224. The van der Waals surface area contributed by atoms with E-state index in [1.807, 2.05) is 0 Å². The number of hydrogen-bond donors (Lipinski definition) is 0. The van der Waals surface area contributed by atoms with Crippen LogP contribution in [0.25, 0.3) is 5.43 Å². The van der Waals surface area contributed by atoms with Crippen molar-refractivity contribution in [3.05, 3.63) is 5.43 Å². The van der Waals surface area contributed by atoms with Gasteiger partial charge in [0.25, 0.3) is 0 Å². The summed E-state index contributed by atoms with van der Waals surface area (Å²) in [4.78, 5) is 0. The first-order chi connectivity index (χ1) is 2.50. The summed E-state index contributed by atoms with van der Waals surface area (Å²) < 4.78 is 0. The fraction of sp³-hybridized carbons (Fsp3) is 1.00. The molecule has 1 aliphatic heterocycles. The molecule has 0 N–H and O–H groups in total. The third kappa shape index (κ3) is 2.39. The number of rotatable bonds is 0. The van der Waals surface area contributed by atoms with Crippen LogP contribution in [0.5, 0.6) is 0 Å². The van der Waals surface area contributed by atoms with Crippen LogP contribution in [0.3, 0.4) is 0 Å². The minimum atomic E-state index is 0. The molecule has 0 saturated carbocycles. The zero-order chi connectivity index (χ0) is 3.54. The molecular formula is C2H4N3Rb.